The summed E-state index contributed by atoms with van der Waals surface area (Å²) in [6.45, 7) is -0.266. The molecular formula is C16H13FN4O2. The summed E-state index contributed by atoms with van der Waals surface area (Å²) in [5.41, 5.74) is 1.10. The highest BCUT2D eigenvalue weighted by atomic mass is 19.1. The van der Waals surface area contributed by atoms with Crippen LogP contribution in [0.4, 0.5) is 20.6 Å². The fourth-order valence-electron chi connectivity index (χ4n) is 1.76. The molecule has 23 heavy (non-hydrogen) atoms. The van der Waals surface area contributed by atoms with Gasteiger partial charge in [-0.15, -0.1) is 0 Å². The molecule has 116 valence electrons. The number of hydrogen-bond donors (Lipinski definition) is 3. The van der Waals surface area contributed by atoms with Crippen molar-refractivity contribution in [2.24, 2.45) is 0 Å². The summed E-state index contributed by atoms with van der Waals surface area (Å²) < 4.78 is 12.7. The van der Waals surface area contributed by atoms with E-state index in [1.807, 2.05) is 6.07 Å². The lowest BCUT2D eigenvalue weighted by atomic mass is 10.2. The first-order valence-corrected chi connectivity index (χ1v) is 6.68. The zero-order valence-electron chi connectivity index (χ0n) is 12.0. The van der Waals surface area contributed by atoms with Crippen LogP contribution in [-0.4, -0.2) is 18.5 Å². The SMILES string of the molecule is N#Cc1ccccc1NC(=O)NCC(=O)Nc1ccc(F)cc1. The van der Waals surface area contributed by atoms with Gasteiger partial charge in [0.1, 0.15) is 11.9 Å². The first kappa shape index (κ1) is 16.0. The summed E-state index contributed by atoms with van der Waals surface area (Å²) in [5, 5.41) is 16.3. The first-order valence-electron chi connectivity index (χ1n) is 6.68. The smallest absolute Gasteiger partial charge is 0.319 e. The molecule has 7 heteroatoms. The average Bonchev–Trinajstić information content (AvgIpc) is 2.55. The number of benzene rings is 2. The van der Waals surface area contributed by atoms with E-state index in [2.05, 4.69) is 16.0 Å². The van der Waals surface area contributed by atoms with Gasteiger partial charge in [0, 0.05) is 5.69 Å². The molecule has 0 spiro atoms. The number of nitrogens with one attached hydrogen (secondary N) is 3. The average molecular weight is 312 g/mol. The van der Waals surface area contributed by atoms with E-state index in [1.165, 1.54) is 24.3 Å². The number of para-hydroxylation sites is 1. The van der Waals surface area contributed by atoms with Crippen molar-refractivity contribution < 1.29 is 14.0 Å². The van der Waals surface area contributed by atoms with Crippen molar-refractivity contribution in [3.63, 3.8) is 0 Å². The number of rotatable bonds is 4. The Morgan fingerprint density at radius 3 is 2.43 bits per heavy atom. The molecule has 2 aromatic rings. The highest BCUT2D eigenvalue weighted by molar-refractivity contribution is 5.97. The molecule has 3 amide bonds. The van der Waals surface area contributed by atoms with Crippen LogP contribution >= 0.6 is 0 Å². The van der Waals surface area contributed by atoms with Gasteiger partial charge < -0.3 is 16.0 Å². The third kappa shape index (κ3) is 4.82. The predicted molar refractivity (Wildman–Crippen MR) is 83.2 cm³/mol. The number of nitrogens with zero attached hydrogens (tertiary/aromatic N) is 1. The van der Waals surface area contributed by atoms with Gasteiger partial charge in [-0.05, 0) is 36.4 Å². The third-order valence-electron chi connectivity index (χ3n) is 2.83. The molecule has 0 saturated heterocycles. The Bertz CT molecular complexity index is 753. The summed E-state index contributed by atoms with van der Waals surface area (Å²) in [5.74, 6) is -0.864. The molecule has 0 aromatic heterocycles. The number of urea groups is 1. The number of anilines is 2. The van der Waals surface area contributed by atoms with E-state index >= 15 is 0 Å². The van der Waals surface area contributed by atoms with Gasteiger partial charge in [-0.1, -0.05) is 12.1 Å². The molecule has 0 atom stereocenters. The molecule has 6 nitrogen and oxygen atoms in total. The van der Waals surface area contributed by atoms with Crippen LogP contribution in [0.3, 0.4) is 0 Å². The van der Waals surface area contributed by atoms with Crippen LogP contribution in [0.5, 0.6) is 0 Å². The zero-order valence-corrected chi connectivity index (χ0v) is 12.0. The molecule has 2 rings (SSSR count). The number of amides is 3. The summed E-state index contributed by atoms with van der Waals surface area (Å²) in [4.78, 5) is 23.4. The Morgan fingerprint density at radius 2 is 1.74 bits per heavy atom. The number of hydrogen-bond acceptors (Lipinski definition) is 3. The van der Waals surface area contributed by atoms with Crippen LogP contribution in [0.15, 0.2) is 48.5 Å². The van der Waals surface area contributed by atoms with Crippen molar-refractivity contribution >= 4 is 23.3 Å². The van der Waals surface area contributed by atoms with Crippen molar-refractivity contribution in [3.05, 3.63) is 59.9 Å². The van der Waals surface area contributed by atoms with Crippen molar-refractivity contribution in [2.45, 2.75) is 0 Å². The van der Waals surface area contributed by atoms with Gasteiger partial charge in [-0.2, -0.15) is 5.26 Å². The largest absolute Gasteiger partial charge is 0.329 e. The van der Waals surface area contributed by atoms with E-state index in [0.29, 0.717) is 16.9 Å². The van der Waals surface area contributed by atoms with Crippen molar-refractivity contribution in [1.29, 1.82) is 5.26 Å². The molecule has 0 saturated carbocycles. The lowest BCUT2D eigenvalue weighted by Gasteiger charge is -2.09. The molecule has 3 N–H and O–H groups in total. The van der Waals surface area contributed by atoms with Crippen LogP contribution in [-0.2, 0) is 4.79 Å². The van der Waals surface area contributed by atoms with E-state index in [-0.39, 0.29) is 6.54 Å². The van der Waals surface area contributed by atoms with Gasteiger partial charge >= 0.3 is 6.03 Å². The van der Waals surface area contributed by atoms with Gasteiger partial charge in [0.05, 0.1) is 17.8 Å². The number of carbonyl (C=O) groups excluding carboxylic acids is 2. The Morgan fingerprint density at radius 1 is 1.04 bits per heavy atom. The fourth-order valence-corrected chi connectivity index (χ4v) is 1.76. The van der Waals surface area contributed by atoms with Gasteiger partial charge in [0.25, 0.3) is 0 Å². The number of halogens is 1. The standard InChI is InChI=1S/C16H13FN4O2/c17-12-5-7-13(8-6-12)20-15(22)10-19-16(23)21-14-4-2-1-3-11(14)9-18/h1-8H,10H2,(H,20,22)(H2,19,21,23). The van der Waals surface area contributed by atoms with E-state index in [1.54, 1.807) is 24.3 Å². The van der Waals surface area contributed by atoms with Crippen LogP contribution in [0.1, 0.15) is 5.56 Å². The van der Waals surface area contributed by atoms with Crippen LogP contribution in [0.25, 0.3) is 0 Å². The van der Waals surface area contributed by atoms with Gasteiger partial charge in [0.15, 0.2) is 0 Å². The Labute approximate surface area is 131 Å². The lowest BCUT2D eigenvalue weighted by molar-refractivity contribution is -0.115. The molecule has 0 aliphatic rings. The molecule has 0 aliphatic heterocycles. The molecule has 0 unspecified atom stereocenters. The number of nitriles is 1. The topological polar surface area (TPSA) is 94.0 Å². The normalized spacial score (nSPS) is 9.57. The molecule has 2 aromatic carbocycles. The quantitative estimate of drug-likeness (QED) is 0.809. The second kappa shape index (κ2) is 7.56. The summed E-state index contributed by atoms with van der Waals surface area (Å²) in [6.07, 6.45) is 0. The summed E-state index contributed by atoms with van der Waals surface area (Å²) in [7, 11) is 0. The van der Waals surface area contributed by atoms with Gasteiger partial charge in [0.2, 0.25) is 5.91 Å². The maximum Gasteiger partial charge on any atom is 0.319 e. The van der Waals surface area contributed by atoms with Crippen molar-refractivity contribution in [2.75, 3.05) is 17.2 Å². The third-order valence-corrected chi connectivity index (χ3v) is 2.83. The molecule has 0 fully saturated rings. The monoisotopic (exact) mass is 312 g/mol. The van der Waals surface area contributed by atoms with E-state index in [0.717, 1.165) is 0 Å². The summed E-state index contributed by atoms with van der Waals surface area (Å²) >= 11 is 0. The predicted octanol–water partition coefficient (Wildman–Crippen LogP) is 2.46. The van der Waals surface area contributed by atoms with Crippen molar-refractivity contribution in [1.82, 2.24) is 5.32 Å². The Kier molecular flexibility index (Phi) is 5.25. The van der Waals surface area contributed by atoms with Gasteiger partial charge in [-0.25, -0.2) is 9.18 Å². The lowest BCUT2D eigenvalue weighted by Crippen LogP contribution is -2.35. The molecule has 0 radical (unpaired) electrons. The summed E-state index contributed by atoms with van der Waals surface area (Å²) in [6, 6.07) is 13.1. The Balaban J connectivity index is 1.83. The fraction of sp³-hybridized carbons (Fsp3) is 0.0625. The molecule has 0 bridgehead atoms. The van der Waals surface area contributed by atoms with Gasteiger partial charge in [-0.3, -0.25) is 4.79 Å². The van der Waals surface area contributed by atoms with Crippen LogP contribution in [0.2, 0.25) is 0 Å². The van der Waals surface area contributed by atoms with E-state index in [4.69, 9.17) is 5.26 Å². The maximum absolute atomic E-state index is 12.7. The Hall–Kier alpha value is -3.40. The number of carbonyl (C=O) groups is 2. The second-order valence-electron chi connectivity index (χ2n) is 4.52. The molecular weight excluding hydrogens is 299 g/mol. The van der Waals surface area contributed by atoms with Crippen LogP contribution < -0.4 is 16.0 Å². The molecule has 0 heterocycles. The van der Waals surface area contributed by atoms with Crippen molar-refractivity contribution in [3.8, 4) is 6.07 Å². The zero-order chi connectivity index (χ0) is 16.7. The minimum Gasteiger partial charge on any atom is -0.329 e. The maximum atomic E-state index is 12.7. The van der Waals surface area contributed by atoms with Crippen LogP contribution in [0, 0.1) is 17.1 Å². The minimum absolute atomic E-state index is 0.266. The van der Waals surface area contributed by atoms with E-state index in [9.17, 15) is 14.0 Å². The molecule has 0 aliphatic carbocycles. The first-order chi connectivity index (χ1) is 11.1. The minimum atomic E-state index is -0.609. The highest BCUT2D eigenvalue weighted by Gasteiger charge is 2.08. The second-order valence-corrected chi connectivity index (χ2v) is 4.52. The highest BCUT2D eigenvalue weighted by Crippen LogP contribution is 2.13. The van der Waals surface area contributed by atoms with E-state index < -0.39 is 17.8 Å².